The van der Waals surface area contributed by atoms with E-state index < -0.39 is 0 Å². The molecule has 1 aromatic heterocycles. The Bertz CT molecular complexity index is 543. The smallest absolute Gasteiger partial charge is 0.251 e. The van der Waals surface area contributed by atoms with E-state index in [1.165, 1.54) is 0 Å². The summed E-state index contributed by atoms with van der Waals surface area (Å²) in [7, 11) is 1.92. The molecule has 3 rings (SSSR count). The molecule has 2 aliphatic heterocycles. The molecular weight excluding hydrogens is 292 g/mol. The van der Waals surface area contributed by atoms with E-state index in [9.17, 15) is 4.79 Å². The molecule has 2 saturated heterocycles. The van der Waals surface area contributed by atoms with Gasteiger partial charge in [0.2, 0.25) is 0 Å². The van der Waals surface area contributed by atoms with E-state index in [0.29, 0.717) is 6.04 Å². The lowest BCUT2D eigenvalue weighted by atomic mass is 10.0. The van der Waals surface area contributed by atoms with Crippen LogP contribution in [0.1, 0.15) is 37.2 Å². The minimum absolute atomic E-state index is 0.148. The first-order chi connectivity index (χ1) is 11.0. The summed E-state index contributed by atoms with van der Waals surface area (Å²) in [5, 5.41) is 0. The monoisotopic (exact) mass is 318 g/mol. The molecule has 2 fully saturated rings. The summed E-state index contributed by atoms with van der Waals surface area (Å²) in [6.45, 7) is 6.48. The molecule has 1 atom stereocenters. The Balaban J connectivity index is 1.58. The molecule has 1 amide bonds. The molecule has 0 N–H and O–H groups in total. The number of amides is 1. The van der Waals surface area contributed by atoms with Crippen LogP contribution in [0, 0.1) is 13.8 Å². The Kier molecular flexibility index (Phi) is 4.80. The average Bonchev–Trinajstić information content (AvgIpc) is 3.07. The SMILES string of the molecule is Cc1cc(N2CCC(N(C)C(=O)[C@H]3CCCO3)CC2)nc(C)n1. The van der Waals surface area contributed by atoms with E-state index in [1.54, 1.807) is 0 Å². The van der Waals surface area contributed by atoms with E-state index >= 15 is 0 Å². The minimum atomic E-state index is -0.217. The van der Waals surface area contributed by atoms with Crippen molar-refractivity contribution in [2.24, 2.45) is 0 Å². The number of ether oxygens (including phenoxy) is 1. The summed E-state index contributed by atoms with van der Waals surface area (Å²) in [6, 6.07) is 2.33. The molecule has 0 spiro atoms. The van der Waals surface area contributed by atoms with Crippen LogP contribution in [0.4, 0.5) is 5.82 Å². The van der Waals surface area contributed by atoms with E-state index in [1.807, 2.05) is 31.9 Å². The predicted octanol–water partition coefficient (Wildman–Crippen LogP) is 1.70. The largest absolute Gasteiger partial charge is 0.368 e. The maximum Gasteiger partial charge on any atom is 0.251 e. The zero-order valence-corrected chi connectivity index (χ0v) is 14.3. The van der Waals surface area contributed by atoms with Gasteiger partial charge in [0, 0.05) is 44.5 Å². The summed E-state index contributed by atoms with van der Waals surface area (Å²) in [5.41, 5.74) is 1.00. The number of rotatable bonds is 3. The molecule has 23 heavy (non-hydrogen) atoms. The molecule has 0 aromatic carbocycles. The number of aromatic nitrogens is 2. The van der Waals surface area contributed by atoms with Crippen molar-refractivity contribution in [2.75, 3.05) is 31.6 Å². The van der Waals surface area contributed by atoms with Crippen molar-refractivity contribution >= 4 is 11.7 Å². The number of aryl methyl sites for hydroxylation is 2. The quantitative estimate of drug-likeness (QED) is 0.849. The van der Waals surface area contributed by atoms with Gasteiger partial charge in [-0.05, 0) is 39.5 Å². The fraction of sp³-hybridized carbons (Fsp3) is 0.706. The van der Waals surface area contributed by atoms with Crippen molar-refractivity contribution in [1.82, 2.24) is 14.9 Å². The fourth-order valence-corrected chi connectivity index (χ4v) is 3.52. The van der Waals surface area contributed by atoms with Crippen LogP contribution in [0.15, 0.2) is 6.07 Å². The van der Waals surface area contributed by atoms with Crippen LogP contribution >= 0.6 is 0 Å². The van der Waals surface area contributed by atoms with Crippen molar-refractivity contribution in [1.29, 1.82) is 0 Å². The lowest BCUT2D eigenvalue weighted by Crippen LogP contribution is -2.48. The maximum atomic E-state index is 12.5. The van der Waals surface area contributed by atoms with Gasteiger partial charge in [0.15, 0.2) is 0 Å². The number of piperidine rings is 1. The first-order valence-corrected chi connectivity index (χ1v) is 8.50. The Labute approximate surface area is 137 Å². The lowest BCUT2D eigenvalue weighted by Gasteiger charge is -2.38. The van der Waals surface area contributed by atoms with Gasteiger partial charge < -0.3 is 14.5 Å². The van der Waals surface area contributed by atoms with Crippen molar-refractivity contribution in [2.45, 2.75) is 51.7 Å². The summed E-state index contributed by atoms with van der Waals surface area (Å²) >= 11 is 0. The summed E-state index contributed by atoms with van der Waals surface area (Å²) < 4.78 is 5.52. The molecule has 126 valence electrons. The molecule has 0 unspecified atom stereocenters. The van der Waals surface area contributed by atoms with Gasteiger partial charge in [-0.15, -0.1) is 0 Å². The number of hydrogen-bond donors (Lipinski definition) is 0. The number of carbonyl (C=O) groups is 1. The van der Waals surface area contributed by atoms with Gasteiger partial charge >= 0.3 is 0 Å². The molecule has 0 radical (unpaired) electrons. The van der Waals surface area contributed by atoms with Gasteiger partial charge in [0.1, 0.15) is 17.7 Å². The van der Waals surface area contributed by atoms with Crippen LogP contribution in [0.3, 0.4) is 0 Å². The van der Waals surface area contributed by atoms with Crippen LogP contribution in [-0.4, -0.2) is 59.7 Å². The fourth-order valence-electron chi connectivity index (χ4n) is 3.52. The minimum Gasteiger partial charge on any atom is -0.368 e. The number of anilines is 1. The van der Waals surface area contributed by atoms with Gasteiger partial charge in [-0.1, -0.05) is 0 Å². The standard InChI is InChI=1S/C17H26N4O2/c1-12-11-16(19-13(2)18-12)21-8-6-14(7-9-21)20(3)17(22)15-5-4-10-23-15/h11,14-15H,4-10H2,1-3H3/t15-/m1/s1. The summed E-state index contributed by atoms with van der Waals surface area (Å²) in [6.07, 6.45) is 3.58. The van der Waals surface area contributed by atoms with E-state index in [2.05, 4.69) is 14.9 Å². The number of carbonyl (C=O) groups excluding carboxylic acids is 1. The molecule has 0 aliphatic carbocycles. The molecular formula is C17H26N4O2. The molecule has 6 heteroatoms. The van der Waals surface area contributed by atoms with Crippen molar-refractivity contribution in [3.8, 4) is 0 Å². The molecule has 6 nitrogen and oxygen atoms in total. The highest BCUT2D eigenvalue weighted by Gasteiger charge is 2.32. The predicted molar refractivity (Wildman–Crippen MR) is 88.5 cm³/mol. The van der Waals surface area contributed by atoms with Crippen molar-refractivity contribution in [3.05, 3.63) is 17.6 Å². The Morgan fingerprint density at radius 2 is 2.00 bits per heavy atom. The third-order valence-electron chi connectivity index (χ3n) is 4.84. The first-order valence-electron chi connectivity index (χ1n) is 8.50. The summed E-state index contributed by atoms with van der Waals surface area (Å²) in [5.74, 6) is 1.96. The van der Waals surface area contributed by atoms with Crippen LogP contribution in [0.5, 0.6) is 0 Å². The van der Waals surface area contributed by atoms with Crippen molar-refractivity contribution in [3.63, 3.8) is 0 Å². The highest BCUT2D eigenvalue weighted by atomic mass is 16.5. The lowest BCUT2D eigenvalue weighted by molar-refractivity contribution is -0.142. The highest BCUT2D eigenvalue weighted by Crippen LogP contribution is 2.23. The van der Waals surface area contributed by atoms with Crippen LogP contribution in [0.25, 0.3) is 0 Å². The average molecular weight is 318 g/mol. The van der Waals surface area contributed by atoms with Crippen molar-refractivity contribution < 1.29 is 9.53 Å². The number of hydrogen-bond acceptors (Lipinski definition) is 5. The van der Waals surface area contributed by atoms with E-state index in [4.69, 9.17) is 4.74 Å². The van der Waals surface area contributed by atoms with Crippen LogP contribution in [0.2, 0.25) is 0 Å². The zero-order chi connectivity index (χ0) is 16.4. The Morgan fingerprint density at radius 3 is 2.61 bits per heavy atom. The normalized spacial score (nSPS) is 22.4. The van der Waals surface area contributed by atoms with Gasteiger partial charge in [-0.25, -0.2) is 9.97 Å². The zero-order valence-electron chi connectivity index (χ0n) is 14.3. The Morgan fingerprint density at radius 1 is 1.26 bits per heavy atom. The van der Waals surface area contributed by atoms with E-state index in [-0.39, 0.29) is 12.0 Å². The van der Waals surface area contributed by atoms with Gasteiger partial charge in [-0.3, -0.25) is 4.79 Å². The van der Waals surface area contributed by atoms with Crippen LogP contribution < -0.4 is 4.90 Å². The molecule has 2 aliphatic rings. The maximum absolute atomic E-state index is 12.5. The third kappa shape index (κ3) is 3.63. The van der Waals surface area contributed by atoms with Crippen LogP contribution in [-0.2, 0) is 9.53 Å². The Hall–Kier alpha value is -1.69. The summed E-state index contributed by atoms with van der Waals surface area (Å²) in [4.78, 5) is 25.5. The molecule has 1 aromatic rings. The second kappa shape index (κ2) is 6.83. The van der Waals surface area contributed by atoms with Gasteiger partial charge in [-0.2, -0.15) is 0 Å². The second-order valence-electron chi connectivity index (χ2n) is 6.58. The number of likely N-dealkylation sites (N-methyl/N-ethyl adjacent to an activating group) is 1. The van der Waals surface area contributed by atoms with Gasteiger partial charge in [0.25, 0.3) is 5.91 Å². The second-order valence-corrected chi connectivity index (χ2v) is 6.58. The highest BCUT2D eigenvalue weighted by molar-refractivity contribution is 5.81. The van der Waals surface area contributed by atoms with E-state index in [0.717, 1.165) is 62.7 Å². The third-order valence-corrected chi connectivity index (χ3v) is 4.84. The first kappa shape index (κ1) is 16.2. The van der Waals surface area contributed by atoms with Gasteiger partial charge in [0.05, 0.1) is 0 Å². The topological polar surface area (TPSA) is 58.6 Å². The number of nitrogens with zero attached hydrogens (tertiary/aromatic N) is 4. The molecule has 3 heterocycles. The molecule has 0 saturated carbocycles. The molecule has 0 bridgehead atoms.